The second-order valence-electron chi connectivity index (χ2n) is 7.98. The predicted molar refractivity (Wildman–Crippen MR) is 81.9 cm³/mol. The van der Waals surface area contributed by atoms with Crippen LogP contribution in [0.15, 0.2) is 0 Å². The molecule has 2 rings (SSSR count). The smallest absolute Gasteiger partial charge is 0.224 e. The van der Waals surface area contributed by atoms with Crippen molar-refractivity contribution in [2.75, 3.05) is 39.4 Å². The molecule has 1 amide bonds. The average molecular weight is 298 g/mol. The zero-order valence-corrected chi connectivity index (χ0v) is 14.0. The summed E-state index contributed by atoms with van der Waals surface area (Å²) in [4.78, 5) is 14.5. The molecule has 0 aromatic rings. The van der Waals surface area contributed by atoms with E-state index in [2.05, 4.69) is 37.9 Å². The third-order valence-electron chi connectivity index (χ3n) is 5.59. The maximum atomic E-state index is 12.3. The molecule has 1 unspecified atom stereocenters. The lowest BCUT2D eigenvalue weighted by Gasteiger charge is -2.34. The average Bonchev–Trinajstić information content (AvgIpc) is 2.78. The van der Waals surface area contributed by atoms with Crippen LogP contribution < -0.4 is 5.32 Å². The fourth-order valence-electron chi connectivity index (χ4n) is 3.53. The molecular formula is C16H30N2O3. The summed E-state index contributed by atoms with van der Waals surface area (Å²) in [5.41, 5.74) is -0.837. The van der Waals surface area contributed by atoms with Gasteiger partial charge in [-0.15, -0.1) is 0 Å². The Balaban J connectivity index is 1.80. The summed E-state index contributed by atoms with van der Waals surface area (Å²) in [6.07, 6.45) is 0. The van der Waals surface area contributed by atoms with E-state index in [9.17, 15) is 9.90 Å². The Bertz CT molecular complexity index is 384. The molecule has 2 aliphatic rings. The third-order valence-corrected chi connectivity index (χ3v) is 5.59. The van der Waals surface area contributed by atoms with Crippen LogP contribution in [-0.2, 0) is 9.53 Å². The van der Waals surface area contributed by atoms with Gasteiger partial charge in [-0.05, 0) is 17.8 Å². The van der Waals surface area contributed by atoms with Gasteiger partial charge in [0, 0.05) is 32.1 Å². The van der Waals surface area contributed by atoms with E-state index in [4.69, 9.17) is 4.74 Å². The zero-order chi connectivity index (χ0) is 15.9. The van der Waals surface area contributed by atoms with E-state index in [0.29, 0.717) is 26.3 Å². The Morgan fingerprint density at radius 3 is 2.29 bits per heavy atom. The lowest BCUT2D eigenvalue weighted by molar-refractivity contribution is -0.125. The van der Waals surface area contributed by atoms with Crippen molar-refractivity contribution in [2.24, 2.45) is 16.7 Å². The van der Waals surface area contributed by atoms with Crippen molar-refractivity contribution in [1.82, 2.24) is 10.2 Å². The Morgan fingerprint density at radius 2 is 1.81 bits per heavy atom. The van der Waals surface area contributed by atoms with Gasteiger partial charge < -0.3 is 15.2 Å². The second kappa shape index (κ2) is 5.52. The number of amides is 1. The van der Waals surface area contributed by atoms with Crippen LogP contribution in [0.4, 0.5) is 0 Å². The highest BCUT2D eigenvalue weighted by Gasteiger charge is 2.68. The number of hydrogen-bond acceptors (Lipinski definition) is 4. The number of nitrogens with zero attached hydrogens (tertiary/aromatic N) is 1. The molecular weight excluding hydrogens is 268 g/mol. The van der Waals surface area contributed by atoms with Gasteiger partial charge in [-0.3, -0.25) is 9.69 Å². The largest absolute Gasteiger partial charge is 0.387 e. The predicted octanol–water partition coefficient (Wildman–Crippen LogP) is 0.868. The number of ether oxygens (including phenoxy) is 1. The molecule has 1 atom stereocenters. The molecule has 21 heavy (non-hydrogen) atoms. The van der Waals surface area contributed by atoms with Crippen LogP contribution in [0.1, 0.15) is 34.6 Å². The molecule has 0 spiro atoms. The second-order valence-corrected chi connectivity index (χ2v) is 7.98. The van der Waals surface area contributed by atoms with E-state index in [-0.39, 0.29) is 22.7 Å². The van der Waals surface area contributed by atoms with Crippen molar-refractivity contribution in [3.63, 3.8) is 0 Å². The molecule has 1 aliphatic carbocycles. The van der Waals surface area contributed by atoms with E-state index in [0.717, 1.165) is 13.1 Å². The number of aliphatic hydroxyl groups is 1. The van der Waals surface area contributed by atoms with Crippen molar-refractivity contribution in [1.29, 1.82) is 0 Å². The van der Waals surface area contributed by atoms with Crippen LogP contribution in [-0.4, -0.2) is 60.9 Å². The van der Waals surface area contributed by atoms with Crippen molar-refractivity contribution in [3.8, 4) is 0 Å². The Hall–Kier alpha value is -0.650. The molecule has 0 radical (unpaired) electrons. The van der Waals surface area contributed by atoms with Crippen LogP contribution in [0.25, 0.3) is 0 Å². The summed E-state index contributed by atoms with van der Waals surface area (Å²) >= 11 is 0. The quantitative estimate of drug-likeness (QED) is 0.790. The van der Waals surface area contributed by atoms with E-state index < -0.39 is 5.60 Å². The molecule has 1 saturated heterocycles. The van der Waals surface area contributed by atoms with E-state index in [1.54, 1.807) is 6.92 Å². The topological polar surface area (TPSA) is 61.8 Å². The SMILES string of the molecule is CC(O)(CNC(=O)C1C(C)(C)C1(C)C)CN1CCOCC1. The molecule has 2 fully saturated rings. The molecule has 1 aliphatic heterocycles. The molecule has 2 N–H and O–H groups in total. The first kappa shape index (κ1) is 16.7. The molecule has 0 bridgehead atoms. The summed E-state index contributed by atoms with van der Waals surface area (Å²) in [7, 11) is 0. The monoisotopic (exact) mass is 298 g/mol. The van der Waals surface area contributed by atoms with Gasteiger partial charge in [0.25, 0.3) is 0 Å². The van der Waals surface area contributed by atoms with Gasteiger partial charge in [0.05, 0.1) is 18.8 Å². The molecule has 0 aromatic carbocycles. The van der Waals surface area contributed by atoms with Crippen molar-refractivity contribution < 1.29 is 14.6 Å². The van der Waals surface area contributed by atoms with Gasteiger partial charge in [-0.25, -0.2) is 0 Å². The number of morpholine rings is 1. The van der Waals surface area contributed by atoms with E-state index in [1.807, 2.05) is 0 Å². The number of β-amino-alcohol motifs (C(OH)–C–C–N with tert-alkyl or cyclic N) is 1. The zero-order valence-electron chi connectivity index (χ0n) is 14.0. The minimum absolute atomic E-state index is 0.0317. The van der Waals surface area contributed by atoms with Crippen LogP contribution >= 0.6 is 0 Å². The lowest BCUT2D eigenvalue weighted by atomic mass is 10.0. The maximum absolute atomic E-state index is 12.3. The molecule has 1 saturated carbocycles. The lowest BCUT2D eigenvalue weighted by Crippen LogP contribution is -2.51. The minimum Gasteiger partial charge on any atom is -0.387 e. The highest BCUT2D eigenvalue weighted by molar-refractivity contribution is 5.84. The summed E-state index contributed by atoms with van der Waals surface area (Å²) < 4.78 is 5.30. The fourth-order valence-corrected chi connectivity index (χ4v) is 3.53. The normalized spacial score (nSPS) is 27.9. The number of rotatable bonds is 5. The Kier molecular flexibility index (Phi) is 4.40. The summed E-state index contributed by atoms with van der Waals surface area (Å²) in [5.74, 6) is 0.0939. The Morgan fingerprint density at radius 1 is 1.29 bits per heavy atom. The summed E-state index contributed by atoms with van der Waals surface area (Å²) in [6.45, 7) is 14.3. The highest BCUT2D eigenvalue weighted by atomic mass is 16.5. The standard InChI is InChI=1S/C16H30N2O3/c1-14(2)12(15(14,3)4)13(19)17-10-16(5,20)11-18-6-8-21-9-7-18/h12,20H,6-11H2,1-5H3,(H,17,19). The minimum atomic E-state index is -0.907. The van der Waals surface area contributed by atoms with Gasteiger partial charge in [0.2, 0.25) is 5.91 Å². The molecule has 1 heterocycles. The van der Waals surface area contributed by atoms with Crippen LogP contribution in [0.2, 0.25) is 0 Å². The van der Waals surface area contributed by atoms with Crippen molar-refractivity contribution >= 4 is 5.91 Å². The number of nitrogens with one attached hydrogen (secondary N) is 1. The van der Waals surface area contributed by atoms with Crippen LogP contribution in [0.3, 0.4) is 0 Å². The maximum Gasteiger partial charge on any atom is 0.224 e. The third kappa shape index (κ3) is 3.41. The van der Waals surface area contributed by atoms with Gasteiger partial charge in [0.15, 0.2) is 0 Å². The van der Waals surface area contributed by atoms with Crippen molar-refractivity contribution in [3.05, 3.63) is 0 Å². The number of carbonyl (C=O) groups excluding carboxylic acids is 1. The fraction of sp³-hybridized carbons (Fsp3) is 0.938. The molecule has 122 valence electrons. The van der Waals surface area contributed by atoms with Crippen molar-refractivity contribution in [2.45, 2.75) is 40.2 Å². The van der Waals surface area contributed by atoms with Gasteiger partial charge in [-0.1, -0.05) is 27.7 Å². The van der Waals surface area contributed by atoms with Gasteiger partial charge >= 0.3 is 0 Å². The number of hydrogen-bond donors (Lipinski definition) is 2. The molecule has 5 heteroatoms. The summed E-state index contributed by atoms with van der Waals surface area (Å²) in [6, 6.07) is 0. The first-order valence-corrected chi connectivity index (χ1v) is 7.88. The Labute approximate surface area is 128 Å². The number of carbonyl (C=O) groups is 1. The molecule has 0 aromatic heterocycles. The van der Waals surface area contributed by atoms with Gasteiger partial charge in [-0.2, -0.15) is 0 Å². The summed E-state index contributed by atoms with van der Waals surface area (Å²) in [5, 5.41) is 13.4. The van der Waals surface area contributed by atoms with Gasteiger partial charge in [0.1, 0.15) is 0 Å². The first-order chi connectivity index (χ1) is 9.58. The highest BCUT2D eigenvalue weighted by Crippen LogP contribution is 2.68. The van der Waals surface area contributed by atoms with Crippen LogP contribution in [0.5, 0.6) is 0 Å². The van der Waals surface area contributed by atoms with E-state index >= 15 is 0 Å². The molecule has 5 nitrogen and oxygen atoms in total. The van der Waals surface area contributed by atoms with Crippen LogP contribution in [0, 0.1) is 16.7 Å². The first-order valence-electron chi connectivity index (χ1n) is 7.88. The van der Waals surface area contributed by atoms with E-state index in [1.165, 1.54) is 0 Å².